The summed E-state index contributed by atoms with van der Waals surface area (Å²) in [5.41, 5.74) is 7.34. The van der Waals surface area contributed by atoms with Crippen LogP contribution in [-0.4, -0.2) is 29.0 Å². The van der Waals surface area contributed by atoms with Crippen molar-refractivity contribution in [3.8, 4) is 0 Å². The van der Waals surface area contributed by atoms with Crippen LogP contribution in [0.25, 0.3) is 10.9 Å². The van der Waals surface area contributed by atoms with Crippen molar-refractivity contribution in [1.29, 1.82) is 0 Å². The Labute approximate surface area is 136 Å². The van der Waals surface area contributed by atoms with Gasteiger partial charge >= 0.3 is 5.69 Å². The molecule has 1 unspecified atom stereocenters. The fourth-order valence-electron chi connectivity index (χ4n) is 3.12. The van der Waals surface area contributed by atoms with Gasteiger partial charge in [0.25, 0.3) is 0 Å². The summed E-state index contributed by atoms with van der Waals surface area (Å²) in [6.45, 7) is 1.28. The molecule has 3 rings (SSSR count). The largest absolute Gasteiger partial charge is 0.361 e. The summed E-state index contributed by atoms with van der Waals surface area (Å²) in [5.74, 6) is 0. The third kappa shape index (κ3) is 2.66. The number of piperidine rings is 1. The molecule has 1 aliphatic heterocycles. The Morgan fingerprint density at radius 1 is 1.45 bits per heavy atom. The van der Waals surface area contributed by atoms with Gasteiger partial charge in [0.2, 0.25) is 0 Å². The lowest BCUT2D eigenvalue weighted by Crippen LogP contribution is -2.44. The molecule has 0 aliphatic carbocycles. The second kappa shape index (κ2) is 6.18. The Morgan fingerprint density at radius 2 is 2.27 bits per heavy atom. The number of halogens is 1. The molecule has 116 valence electrons. The number of fused-ring (bicyclic) bond motifs is 1. The van der Waals surface area contributed by atoms with E-state index in [1.807, 2.05) is 18.2 Å². The first kappa shape index (κ1) is 15.2. The maximum atomic E-state index is 11.5. The molecule has 2 aromatic rings. The number of aromatic nitrogens is 1. The van der Waals surface area contributed by atoms with E-state index in [-0.39, 0.29) is 16.7 Å². The minimum Gasteiger partial charge on any atom is -0.361 e. The molecule has 0 radical (unpaired) electrons. The third-order valence-electron chi connectivity index (χ3n) is 4.17. The highest BCUT2D eigenvalue weighted by Crippen LogP contribution is 2.38. The molecule has 0 amide bonds. The SMILES string of the molecule is NCC1CCCCN1c1c([N+](=O)[O-])cnc2ccc(Br)cc12. The Hall–Kier alpha value is -1.73. The number of anilines is 1. The van der Waals surface area contributed by atoms with Crippen molar-refractivity contribution in [2.45, 2.75) is 25.3 Å². The molecule has 6 nitrogen and oxygen atoms in total. The van der Waals surface area contributed by atoms with E-state index < -0.39 is 0 Å². The molecule has 0 saturated carbocycles. The van der Waals surface area contributed by atoms with Crippen molar-refractivity contribution in [1.82, 2.24) is 4.98 Å². The Balaban J connectivity index is 2.25. The molecule has 2 heterocycles. The van der Waals surface area contributed by atoms with Gasteiger partial charge in [-0.2, -0.15) is 0 Å². The summed E-state index contributed by atoms with van der Waals surface area (Å²) in [7, 11) is 0. The summed E-state index contributed by atoms with van der Waals surface area (Å²) in [6.07, 6.45) is 4.45. The van der Waals surface area contributed by atoms with Crippen LogP contribution in [0, 0.1) is 10.1 Å². The normalized spacial score (nSPS) is 18.6. The van der Waals surface area contributed by atoms with E-state index in [0.29, 0.717) is 12.2 Å². The van der Waals surface area contributed by atoms with E-state index >= 15 is 0 Å². The maximum absolute atomic E-state index is 11.5. The number of benzene rings is 1. The molecular formula is C15H17BrN4O2. The number of hydrogen-bond acceptors (Lipinski definition) is 5. The molecule has 22 heavy (non-hydrogen) atoms. The van der Waals surface area contributed by atoms with Crippen molar-refractivity contribution in [2.75, 3.05) is 18.0 Å². The topological polar surface area (TPSA) is 85.3 Å². The molecule has 1 aromatic heterocycles. The summed E-state index contributed by atoms with van der Waals surface area (Å²) in [4.78, 5) is 17.5. The van der Waals surface area contributed by atoms with Gasteiger partial charge in [0.05, 0.1) is 10.4 Å². The number of hydrogen-bond donors (Lipinski definition) is 1. The van der Waals surface area contributed by atoms with Crippen LogP contribution in [0.5, 0.6) is 0 Å². The lowest BCUT2D eigenvalue weighted by Gasteiger charge is -2.37. The minimum absolute atomic E-state index is 0.0472. The molecule has 2 N–H and O–H groups in total. The zero-order valence-corrected chi connectivity index (χ0v) is 13.6. The highest BCUT2D eigenvalue weighted by molar-refractivity contribution is 9.10. The molecule has 1 saturated heterocycles. The zero-order valence-electron chi connectivity index (χ0n) is 12.0. The highest BCUT2D eigenvalue weighted by atomic mass is 79.9. The van der Waals surface area contributed by atoms with E-state index in [2.05, 4.69) is 25.8 Å². The molecule has 7 heteroatoms. The lowest BCUT2D eigenvalue weighted by molar-refractivity contribution is -0.384. The van der Waals surface area contributed by atoms with E-state index in [0.717, 1.165) is 41.2 Å². The number of pyridine rings is 1. The Kier molecular flexibility index (Phi) is 4.26. The predicted octanol–water partition coefficient (Wildman–Crippen LogP) is 3.22. The van der Waals surface area contributed by atoms with Crippen molar-refractivity contribution in [2.24, 2.45) is 5.73 Å². The Morgan fingerprint density at radius 3 is 3.00 bits per heavy atom. The van der Waals surface area contributed by atoms with E-state index in [1.54, 1.807) is 0 Å². The average Bonchev–Trinajstić information content (AvgIpc) is 2.53. The summed E-state index contributed by atoms with van der Waals surface area (Å²) < 4.78 is 0.879. The van der Waals surface area contributed by atoms with Crippen molar-refractivity contribution in [3.05, 3.63) is 39.0 Å². The minimum atomic E-state index is -0.356. The van der Waals surface area contributed by atoms with Crippen LogP contribution in [0.15, 0.2) is 28.9 Å². The fraction of sp³-hybridized carbons (Fsp3) is 0.400. The predicted molar refractivity (Wildman–Crippen MR) is 90.1 cm³/mol. The van der Waals surface area contributed by atoms with Crippen LogP contribution < -0.4 is 10.6 Å². The van der Waals surface area contributed by atoms with Crippen LogP contribution >= 0.6 is 15.9 Å². The molecule has 0 spiro atoms. The van der Waals surface area contributed by atoms with Crippen molar-refractivity contribution < 1.29 is 4.92 Å². The van der Waals surface area contributed by atoms with Crippen LogP contribution in [0.4, 0.5) is 11.4 Å². The van der Waals surface area contributed by atoms with E-state index in [9.17, 15) is 10.1 Å². The van der Waals surface area contributed by atoms with Crippen LogP contribution in [0.3, 0.4) is 0 Å². The van der Waals surface area contributed by atoms with Crippen LogP contribution in [0.1, 0.15) is 19.3 Å². The van der Waals surface area contributed by atoms with Gasteiger partial charge in [-0.3, -0.25) is 10.1 Å². The fourth-order valence-corrected chi connectivity index (χ4v) is 3.48. The number of nitro groups is 1. The first-order valence-electron chi connectivity index (χ1n) is 7.31. The highest BCUT2D eigenvalue weighted by Gasteiger charge is 2.29. The van der Waals surface area contributed by atoms with E-state index in [4.69, 9.17) is 5.73 Å². The van der Waals surface area contributed by atoms with Gasteiger partial charge in [0.1, 0.15) is 11.9 Å². The number of rotatable bonds is 3. The first-order valence-corrected chi connectivity index (χ1v) is 8.10. The quantitative estimate of drug-likeness (QED) is 0.667. The van der Waals surface area contributed by atoms with Crippen LogP contribution in [0.2, 0.25) is 0 Å². The zero-order chi connectivity index (χ0) is 15.7. The molecule has 1 aliphatic rings. The van der Waals surface area contributed by atoms with Crippen LogP contribution in [-0.2, 0) is 0 Å². The summed E-state index contributed by atoms with van der Waals surface area (Å²) in [6, 6.07) is 5.79. The second-order valence-electron chi connectivity index (χ2n) is 5.49. The van der Waals surface area contributed by atoms with Gasteiger partial charge in [-0.05, 0) is 37.5 Å². The van der Waals surface area contributed by atoms with E-state index in [1.165, 1.54) is 6.20 Å². The number of nitrogens with two attached hydrogens (primary N) is 1. The van der Waals surface area contributed by atoms with Crippen molar-refractivity contribution >= 4 is 38.2 Å². The summed E-state index contributed by atoms with van der Waals surface area (Å²) in [5, 5.41) is 12.3. The standard InChI is InChI=1S/C15H17BrN4O2/c16-10-4-5-13-12(7-10)15(14(9-18-13)20(21)22)19-6-2-1-3-11(19)8-17/h4-5,7,9,11H,1-3,6,8,17H2. The molecule has 1 atom stereocenters. The average molecular weight is 365 g/mol. The Bertz CT molecular complexity index is 722. The van der Waals surface area contributed by atoms with Gasteiger partial charge in [0, 0.05) is 29.0 Å². The second-order valence-corrected chi connectivity index (χ2v) is 6.41. The third-order valence-corrected chi connectivity index (χ3v) is 4.66. The molecule has 1 aromatic carbocycles. The van der Waals surface area contributed by atoms with Gasteiger partial charge in [-0.15, -0.1) is 0 Å². The molecule has 0 bridgehead atoms. The monoisotopic (exact) mass is 364 g/mol. The van der Waals surface area contributed by atoms with Gasteiger partial charge < -0.3 is 10.6 Å². The van der Waals surface area contributed by atoms with Crippen molar-refractivity contribution in [3.63, 3.8) is 0 Å². The first-order chi connectivity index (χ1) is 10.6. The molecular weight excluding hydrogens is 348 g/mol. The number of nitrogens with zero attached hydrogens (tertiary/aromatic N) is 3. The van der Waals surface area contributed by atoms with Gasteiger partial charge in [-0.25, -0.2) is 4.98 Å². The van der Waals surface area contributed by atoms with Gasteiger partial charge in [0.15, 0.2) is 0 Å². The molecule has 1 fully saturated rings. The summed E-state index contributed by atoms with van der Waals surface area (Å²) >= 11 is 3.44. The lowest BCUT2D eigenvalue weighted by atomic mass is 10.00. The van der Waals surface area contributed by atoms with Gasteiger partial charge in [-0.1, -0.05) is 15.9 Å². The maximum Gasteiger partial charge on any atom is 0.311 e. The smallest absolute Gasteiger partial charge is 0.311 e.